The summed E-state index contributed by atoms with van der Waals surface area (Å²) < 4.78 is 28.3. The number of nitrogens with zero attached hydrogens (tertiary/aromatic N) is 3. The van der Waals surface area contributed by atoms with Crippen molar-refractivity contribution in [2.75, 3.05) is 43.1 Å². The lowest BCUT2D eigenvalue weighted by atomic mass is 10.1. The van der Waals surface area contributed by atoms with Gasteiger partial charge in [-0.1, -0.05) is 0 Å². The zero-order valence-corrected chi connectivity index (χ0v) is 16.9. The Labute approximate surface area is 168 Å². The van der Waals surface area contributed by atoms with Gasteiger partial charge in [-0.3, -0.25) is 14.9 Å². The van der Waals surface area contributed by atoms with Crippen LogP contribution in [0, 0.1) is 10.1 Å². The van der Waals surface area contributed by atoms with Crippen molar-refractivity contribution in [1.29, 1.82) is 0 Å². The quantitative estimate of drug-likeness (QED) is 0.375. The molecule has 2 aliphatic rings. The van der Waals surface area contributed by atoms with Crippen molar-refractivity contribution in [2.24, 2.45) is 0 Å². The van der Waals surface area contributed by atoms with Gasteiger partial charge in [-0.2, -0.15) is 0 Å². The smallest absolute Gasteiger partial charge is 0.341 e. The third kappa shape index (κ3) is 4.84. The van der Waals surface area contributed by atoms with E-state index < -0.39 is 39.3 Å². The Hall–Kier alpha value is -2.69. The lowest BCUT2D eigenvalue weighted by Gasteiger charge is -2.23. The van der Waals surface area contributed by atoms with E-state index in [-0.39, 0.29) is 22.8 Å². The highest BCUT2D eigenvalue weighted by atomic mass is 32.2. The molecule has 10 nitrogen and oxygen atoms in total. The van der Waals surface area contributed by atoms with E-state index in [0.717, 1.165) is 32.0 Å². The number of likely N-dealkylation sites (N-methyl/N-ethyl adjacent to an activating group) is 1. The topological polar surface area (TPSA) is 127 Å². The second-order valence-corrected chi connectivity index (χ2v) is 9.52. The molecule has 2 fully saturated rings. The molecule has 1 atom stereocenters. The molecular weight excluding hydrogens is 402 g/mol. The maximum atomic E-state index is 12.6. The first-order valence-electron chi connectivity index (χ1n) is 9.34. The normalized spacial score (nSPS) is 20.4. The minimum atomic E-state index is -3.15. The zero-order chi connectivity index (χ0) is 21.2. The van der Waals surface area contributed by atoms with Gasteiger partial charge in [0.25, 0.3) is 11.6 Å². The number of anilines is 1. The Kier molecular flexibility index (Phi) is 6.06. The summed E-state index contributed by atoms with van der Waals surface area (Å²) in [6.45, 7) is 0.903. The molecule has 0 unspecified atom stereocenters. The lowest BCUT2D eigenvalue weighted by Crippen LogP contribution is -2.40. The van der Waals surface area contributed by atoms with Gasteiger partial charge >= 0.3 is 5.97 Å². The van der Waals surface area contributed by atoms with Gasteiger partial charge in [0.05, 0.1) is 27.7 Å². The van der Waals surface area contributed by atoms with Crippen LogP contribution in [0.2, 0.25) is 0 Å². The molecule has 2 heterocycles. The summed E-state index contributed by atoms with van der Waals surface area (Å²) >= 11 is 0. The number of hydrogen-bond donors (Lipinski definition) is 0. The standard InChI is InChI=1S/C18H23N3O7S/c1-19(14-6-9-29(26,27)12-14)17(22)11-28-18(23)15-10-13(21(24)25)4-5-16(15)20-7-2-3-8-20/h4-5,10,14H,2-3,6-9,11-12H2,1H3/t14-/m0/s1. The Bertz CT molecular complexity index is 925. The van der Waals surface area contributed by atoms with Crippen molar-refractivity contribution < 1.29 is 27.7 Å². The molecule has 0 saturated carbocycles. The first-order chi connectivity index (χ1) is 13.7. The highest BCUT2D eigenvalue weighted by molar-refractivity contribution is 7.91. The average Bonchev–Trinajstić information content (AvgIpc) is 3.34. The Morgan fingerprint density at radius 1 is 1.31 bits per heavy atom. The molecule has 1 amide bonds. The van der Waals surface area contributed by atoms with Gasteiger partial charge in [0, 0.05) is 38.3 Å². The van der Waals surface area contributed by atoms with Crippen LogP contribution >= 0.6 is 0 Å². The number of ether oxygens (including phenoxy) is 1. The monoisotopic (exact) mass is 425 g/mol. The summed E-state index contributed by atoms with van der Waals surface area (Å²) in [4.78, 5) is 38.7. The molecule has 1 aromatic carbocycles. The third-order valence-electron chi connectivity index (χ3n) is 5.33. The van der Waals surface area contributed by atoms with Gasteiger partial charge in [0.1, 0.15) is 0 Å². The Balaban J connectivity index is 1.70. The first kappa shape index (κ1) is 21.0. The fraction of sp³-hybridized carbons (Fsp3) is 0.556. The van der Waals surface area contributed by atoms with Crippen LogP contribution in [0.25, 0.3) is 0 Å². The molecule has 2 saturated heterocycles. The highest BCUT2D eigenvalue weighted by Gasteiger charge is 2.33. The Morgan fingerprint density at radius 2 is 2.00 bits per heavy atom. The van der Waals surface area contributed by atoms with E-state index in [2.05, 4.69) is 0 Å². The summed E-state index contributed by atoms with van der Waals surface area (Å²) in [5.74, 6) is -1.42. The lowest BCUT2D eigenvalue weighted by molar-refractivity contribution is -0.384. The van der Waals surface area contributed by atoms with Gasteiger partial charge in [-0.15, -0.1) is 0 Å². The number of nitro benzene ring substituents is 1. The van der Waals surface area contributed by atoms with Crippen LogP contribution in [0.5, 0.6) is 0 Å². The summed E-state index contributed by atoms with van der Waals surface area (Å²) in [5.41, 5.74) is 0.347. The molecule has 158 valence electrons. The van der Waals surface area contributed by atoms with Gasteiger partial charge in [-0.05, 0) is 25.3 Å². The molecule has 0 aliphatic carbocycles. The van der Waals surface area contributed by atoms with Crippen LogP contribution in [-0.4, -0.2) is 74.4 Å². The van der Waals surface area contributed by atoms with Crippen molar-refractivity contribution in [3.8, 4) is 0 Å². The van der Waals surface area contributed by atoms with Crippen LogP contribution in [0.4, 0.5) is 11.4 Å². The molecule has 2 aliphatic heterocycles. The number of sulfone groups is 1. The maximum absolute atomic E-state index is 12.6. The zero-order valence-electron chi connectivity index (χ0n) is 16.1. The molecule has 0 N–H and O–H groups in total. The SMILES string of the molecule is CN(C(=O)COC(=O)c1cc([N+](=O)[O-])ccc1N1CCCC1)[C@H]1CCS(=O)(=O)C1. The number of hydrogen-bond acceptors (Lipinski definition) is 8. The highest BCUT2D eigenvalue weighted by Crippen LogP contribution is 2.29. The number of esters is 1. The number of rotatable bonds is 6. The number of nitro groups is 1. The maximum Gasteiger partial charge on any atom is 0.341 e. The predicted molar refractivity (Wildman–Crippen MR) is 105 cm³/mol. The molecule has 29 heavy (non-hydrogen) atoms. The number of benzene rings is 1. The van der Waals surface area contributed by atoms with E-state index in [1.54, 1.807) is 0 Å². The van der Waals surface area contributed by atoms with Crippen LogP contribution in [0.1, 0.15) is 29.6 Å². The fourth-order valence-corrected chi connectivity index (χ4v) is 5.40. The second-order valence-electron chi connectivity index (χ2n) is 7.29. The number of carbonyl (C=O) groups is 2. The van der Waals surface area contributed by atoms with E-state index in [4.69, 9.17) is 4.74 Å². The molecule has 3 rings (SSSR count). The minimum Gasteiger partial charge on any atom is -0.452 e. The summed E-state index contributed by atoms with van der Waals surface area (Å²) in [7, 11) is -1.67. The Morgan fingerprint density at radius 3 is 2.59 bits per heavy atom. The van der Waals surface area contributed by atoms with E-state index in [9.17, 15) is 28.1 Å². The second kappa shape index (κ2) is 8.36. The van der Waals surface area contributed by atoms with Crippen molar-refractivity contribution >= 4 is 33.1 Å². The van der Waals surface area contributed by atoms with Crippen molar-refractivity contribution in [3.05, 3.63) is 33.9 Å². The van der Waals surface area contributed by atoms with Crippen molar-refractivity contribution in [2.45, 2.75) is 25.3 Å². The first-order valence-corrected chi connectivity index (χ1v) is 11.2. The molecule has 0 aromatic heterocycles. The number of carbonyl (C=O) groups excluding carboxylic acids is 2. The fourth-order valence-electron chi connectivity index (χ4n) is 3.63. The summed E-state index contributed by atoms with van der Waals surface area (Å²) in [6, 6.07) is 3.58. The molecule has 11 heteroatoms. The van der Waals surface area contributed by atoms with Crippen molar-refractivity contribution in [3.63, 3.8) is 0 Å². The van der Waals surface area contributed by atoms with Crippen LogP contribution in [0.3, 0.4) is 0 Å². The summed E-state index contributed by atoms with van der Waals surface area (Å²) in [6.07, 6.45) is 2.26. The average molecular weight is 425 g/mol. The van der Waals surface area contributed by atoms with Gasteiger partial charge in [0.2, 0.25) is 0 Å². The predicted octanol–water partition coefficient (Wildman–Crippen LogP) is 0.997. The molecule has 0 spiro atoms. The van der Waals surface area contributed by atoms with E-state index in [0.29, 0.717) is 12.1 Å². The van der Waals surface area contributed by atoms with Crippen LogP contribution in [-0.2, 0) is 19.4 Å². The molecule has 0 bridgehead atoms. The molecular formula is C18H23N3O7S. The van der Waals surface area contributed by atoms with E-state index in [1.807, 2.05) is 4.90 Å². The van der Waals surface area contributed by atoms with Crippen LogP contribution in [0.15, 0.2) is 18.2 Å². The van der Waals surface area contributed by atoms with Crippen molar-refractivity contribution in [1.82, 2.24) is 4.90 Å². The van der Waals surface area contributed by atoms with Crippen LogP contribution < -0.4 is 4.90 Å². The van der Waals surface area contributed by atoms with Gasteiger partial charge in [0.15, 0.2) is 16.4 Å². The largest absolute Gasteiger partial charge is 0.452 e. The number of non-ortho nitro benzene ring substituents is 1. The van der Waals surface area contributed by atoms with Gasteiger partial charge < -0.3 is 14.5 Å². The third-order valence-corrected chi connectivity index (χ3v) is 7.08. The van der Waals surface area contributed by atoms with E-state index >= 15 is 0 Å². The number of amides is 1. The summed E-state index contributed by atoms with van der Waals surface area (Å²) in [5, 5.41) is 11.1. The molecule has 1 aromatic rings. The minimum absolute atomic E-state index is 0.0297. The molecule has 0 radical (unpaired) electrons. The van der Waals surface area contributed by atoms with E-state index in [1.165, 1.54) is 24.1 Å². The van der Waals surface area contributed by atoms with Gasteiger partial charge in [-0.25, -0.2) is 13.2 Å².